The molecular formula is C15H23N3O4S. The van der Waals surface area contributed by atoms with Crippen molar-refractivity contribution in [3.8, 4) is 0 Å². The summed E-state index contributed by atoms with van der Waals surface area (Å²) in [7, 11) is -3.84. The number of nitro groups is 1. The van der Waals surface area contributed by atoms with E-state index >= 15 is 0 Å². The number of benzene rings is 1. The van der Waals surface area contributed by atoms with E-state index in [4.69, 9.17) is 5.73 Å². The van der Waals surface area contributed by atoms with E-state index in [2.05, 4.69) is 4.72 Å². The Bertz CT molecular complexity index is 710. The highest BCUT2D eigenvalue weighted by molar-refractivity contribution is 7.89. The van der Waals surface area contributed by atoms with Crippen molar-refractivity contribution in [1.82, 2.24) is 4.72 Å². The normalized spacial score (nSPS) is 17.9. The van der Waals surface area contributed by atoms with Gasteiger partial charge in [0.15, 0.2) is 0 Å². The predicted octanol–water partition coefficient (Wildman–Crippen LogP) is 2.15. The Morgan fingerprint density at radius 1 is 1.26 bits per heavy atom. The van der Waals surface area contributed by atoms with Crippen LogP contribution in [-0.4, -0.2) is 25.4 Å². The summed E-state index contributed by atoms with van der Waals surface area (Å²) in [4.78, 5) is 10.3. The number of hydrogen-bond acceptors (Lipinski definition) is 5. The Morgan fingerprint density at radius 2 is 1.87 bits per heavy atom. The maximum atomic E-state index is 12.6. The number of non-ortho nitro benzene ring substituents is 1. The Balaban J connectivity index is 2.27. The summed E-state index contributed by atoms with van der Waals surface area (Å²) < 4.78 is 27.7. The van der Waals surface area contributed by atoms with Gasteiger partial charge in [-0.3, -0.25) is 10.1 Å². The van der Waals surface area contributed by atoms with Crippen LogP contribution in [0.15, 0.2) is 17.0 Å². The molecule has 0 radical (unpaired) electrons. The van der Waals surface area contributed by atoms with Crippen molar-refractivity contribution in [2.75, 3.05) is 6.54 Å². The molecule has 0 spiro atoms. The van der Waals surface area contributed by atoms with Crippen LogP contribution in [0.5, 0.6) is 0 Å². The molecule has 0 heterocycles. The second-order valence-electron chi connectivity index (χ2n) is 6.39. The molecule has 7 nitrogen and oxygen atoms in total. The number of rotatable bonds is 5. The van der Waals surface area contributed by atoms with E-state index in [1.807, 2.05) is 0 Å². The van der Waals surface area contributed by atoms with Crippen LogP contribution in [0.4, 0.5) is 5.69 Å². The summed E-state index contributed by atoms with van der Waals surface area (Å²) in [6, 6.07) is 2.48. The van der Waals surface area contributed by atoms with Crippen LogP contribution in [0.25, 0.3) is 0 Å². The number of nitrogens with one attached hydrogen (secondary N) is 1. The minimum Gasteiger partial charge on any atom is -0.324 e. The highest BCUT2D eigenvalue weighted by atomic mass is 32.2. The number of aryl methyl sites for hydroxylation is 1. The van der Waals surface area contributed by atoms with Crippen LogP contribution in [0, 0.1) is 24.0 Å². The van der Waals surface area contributed by atoms with Crippen molar-refractivity contribution in [2.45, 2.75) is 56.4 Å². The lowest BCUT2D eigenvalue weighted by atomic mass is 9.83. The number of nitro benzene ring substituents is 1. The molecule has 1 fully saturated rings. The number of sulfonamides is 1. The van der Waals surface area contributed by atoms with Gasteiger partial charge in [0.05, 0.1) is 9.82 Å². The van der Waals surface area contributed by atoms with Gasteiger partial charge >= 0.3 is 0 Å². The molecule has 8 heteroatoms. The van der Waals surface area contributed by atoms with E-state index in [1.165, 1.54) is 6.07 Å². The lowest BCUT2D eigenvalue weighted by Gasteiger charge is -2.33. The minimum atomic E-state index is -3.84. The number of hydrogen-bond donors (Lipinski definition) is 2. The summed E-state index contributed by atoms with van der Waals surface area (Å²) in [5.74, 6) is 0. The minimum absolute atomic E-state index is 0.0522. The van der Waals surface area contributed by atoms with Crippen molar-refractivity contribution in [3.63, 3.8) is 0 Å². The molecule has 23 heavy (non-hydrogen) atoms. The molecule has 0 unspecified atom stereocenters. The fourth-order valence-electron chi connectivity index (χ4n) is 2.94. The van der Waals surface area contributed by atoms with Gasteiger partial charge in [0.2, 0.25) is 10.0 Å². The first kappa shape index (κ1) is 17.8. The van der Waals surface area contributed by atoms with Crippen LogP contribution in [0.2, 0.25) is 0 Å². The van der Waals surface area contributed by atoms with Crippen LogP contribution < -0.4 is 10.5 Å². The first-order chi connectivity index (χ1) is 10.6. The highest BCUT2D eigenvalue weighted by Gasteiger charge is 2.30. The number of nitrogens with zero attached hydrogens (tertiary/aromatic N) is 1. The van der Waals surface area contributed by atoms with E-state index in [9.17, 15) is 18.5 Å². The largest absolute Gasteiger partial charge is 0.324 e. The first-order valence-electron chi connectivity index (χ1n) is 7.69. The third-order valence-corrected chi connectivity index (χ3v) is 6.10. The molecule has 128 valence electrons. The first-order valence-corrected chi connectivity index (χ1v) is 9.17. The maximum Gasteiger partial charge on any atom is 0.271 e. The fourth-order valence-corrected chi connectivity index (χ4v) is 4.42. The molecule has 0 bridgehead atoms. The molecule has 1 saturated carbocycles. The molecule has 0 atom stereocenters. The van der Waals surface area contributed by atoms with Crippen LogP contribution in [0.1, 0.15) is 43.2 Å². The maximum absolute atomic E-state index is 12.6. The summed E-state index contributed by atoms with van der Waals surface area (Å²) in [6.07, 6.45) is 4.67. The molecule has 1 aliphatic carbocycles. The monoisotopic (exact) mass is 341 g/mol. The Hall–Kier alpha value is -1.51. The molecule has 0 saturated heterocycles. The molecule has 1 aromatic carbocycles. The third-order valence-electron chi connectivity index (χ3n) is 4.57. The van der Waals surface area contributed by atoms with E-state index < -0.39 is 20.5 Å². The van der Waals surface area contributed by atoms with Crippen molar-refractivity contribution in [2.24, 2.45) is 5.73 Å². The zero-order valence-electron chi connectivity index (χ0n) is 13.5. The molecule has 2 rings (SSSR count). The average molecular weight is 341 g/mol. The van der Waals surface area contributed by atoms with E-state index in [0.717, 1.165) is 38.2 Å². The quantitative estimate of drug-likeness (QED) is 0.629. The Kier molecular flexibility index (Phi) is 5.07. The lowest BCUT2D eigenvalue weighted by molar-refractivity contribution is -0.385. The van der Waals surface area contributed by atoms with Gasteiger partial charge in [-0.2, -0.15) is 0 Å². The van der Waals surface area contributed by atoms with Gasteiger partial charge in [0.25, 0.3) is 5.69 Å². The van der Waals surface area contributed by atoms with Crippen LogP contribution in [-0.2, 0) is 10.0 Å². The molecule has 1 aliphatic rings. The van der Waals surface area contributed by atoms with E-state index in [1.54, 1.807) is 13.8 Å². The van der Waals surface area contributed by atoms with E-state index in [0.29, 0.717) is 11.1 Å². The van der Waals surface area contributed by atoms with Gasteiger partial charge in [-0.15, -0.1) is 0 Å². The van der Waals surface area contributed by atoms with Gasteiger partial charge in [0.1, 0.15) is 0 Å². The second-order valence-corrected chi connectivity index (χ2v) is 8.13. The molecule has 0 aliphatic heterocycles. The molecule has 0 aromatic heterocycles. The standard InChI is InChI=1S/C15H23N3O4S/c1-11-8-13(18(19)20)9-14(12(11)2)23(21,22)17-10-15(16)6-4-3-5-7-15/h8-9,17H,3-7,10,16H2,1-2H3. The number of nitrogens with two attached hydrogens (primary N) is 1. The topological polar surface area (TPSA) is 115 Å². The highest BCUT2D eigenvalue weighted by Crippen LogP contribution is 2.28. The SMILES string of the molecule is Cc1cc([N+](=O)[O-])cc(S(=O)(=O)NCC2(N)CCCCC2)c1C. The summed E-state index contributed by atoms with van der Waals surface area (Å²) >= 11 is 0. The van der Waals surface area contributed by atoms with Gasteiger partial charge in [-0.25, -0.2) is 13.1 Å². The van der Waals surface area contributed by atoms with Gasteiger partial charge in [-0.1, -0.05) is 19.3 Å². The van der Waals surface area contributed by atoms with Crippen molar-refractivity contribution in [1.29, 1.82) is 0 Å². The van der Waals surface area contributed by atoms with E-state index in [-0.39, 0.29) is 17.1 Å². The summed E-state index contributed by atoms with van der Waals surface area (Å²) in [6.45, 7) is 3.45. The van der Waals surface area contributed by atoms with Crippen molar-refractivity contribution < 1.29 is 13.3 Å². The molecule has 1 aromatic rings. The zero-order chi connectivity index (χ0) is 17.3. The zero-order valence-corrected chi connectivity index (χ0v) is 14.3. The molecular weight excluding hydrogens is 318 g/mol. The fraction of sp³-hybridized carbons (Fsp3) is 0.600. The van der Waals surface area contributed by atoms with Gasteiger partial charge in [-0.05, 0) is 37.8 Å². The predicted molar refractivity (Wildman–Crippen MR) is 87.8 cm³/mol. The van der Waals surface area contributed by atoms with Crippen molar-refractivity contribution in [3.05, 3.63) is 33.4 Å². The van der Waals surface area contributed by atoms with Crippen LogP contribution in [0.3, 0.4) is 0 Å². The summed E-state index contributed by atoms with van der Waals surface area (Å²) in [5, 5.41) is 11.0. The average Bonchev–Trinajstić information content (AvgIpc) is 2.48. The molecule has 0 amide bonds. The smallest absolute Gasteiger partial charge is 0.271 e. The molecule has 3 N–H and O–H groups in total. The summed E-state index contributed by atoms with van der Waals surface area (Å²) in [5.41, 5.74) is 6.58. The van der Waals surface area contributed by atoms with Gasteiger partial charge in [0, 0.05) is 24.2 Å². The van der Waals surface area contributed by atoms with Crippen molar-refractivity contribution >= 4 is 15.7 Å². The third kappa shape index (κ3) is 4.07. The lowest BCUT2D eigenvalue weighted by Crippen LogP contribution is -2.51. The Labute approximate surface area is 136 Å². The second kappa shape index (κ2) is 6.54. The van der Waals surface area contributed by atoms with Crippen LogP contribution >= 0.6 is 0 Å². The van der Waals surface area contributed by atoms with Gasteiger partial charge < -0.3 is 5.73 Å². The Morgan fingerprint density at radius 3 is 2.43 bits per heavy atom.